The Bertz CT molecular complexity index is 260. The molecule has 4 nitrogen and oxygen atoms in total. The van der Waals surface area contributed by atoms with Crippen LogP contribution in [-0.4, -0.2) is 15.1 Å². The van der Waals surface area contributed by atoms with E-state index in [1.165, 1.54) is 6.20 Å². The van der Waals surface area contributed by atoms with Crippen molar-refractivity contribution < 1.29 is 5.11 Å². The van der Waals surface area contributed by atoms with E-state index in [2.05, 4.69) is 9.97 Å². The highest BCUT2D eigenvalue weighted by Crippen LogP contribution is 2.17. The van der Waals surface area contributed by atoms with Gasteiger partial charge >= 0.3 is 0 Å². The van der Waals surface area contributed by atoms with E-state index in [1.54, 1.807) is 0 Å². The first-order chi connectivity index (χ1) is 5.11. The second-order valence-electron chi connectivity index (χ2n) is 2.65. The fourth-order valence-corrected chi connectivity index (χ4v) is 0.681. The maximum absolute atomic E-state index is 8.98. The SMILES string of the molecule is CC(C)c1ncc(O)c(N)n1. The second kappa shape index (κ2) is 2.74. The van der Waals surface area contributed by atoms with Gasteiger partial charge in [-0.1, -0.05) is 13.8 Å². The Kier molecular flexibility index (Phi) is 1.94. The lowest BCUT2D eigenvalue weighted by molar-refractivity contribution is 0.471. The highest BCUT2D eigenvalue weighted by atomic mass is 16.3. The molecular weight excluding hydrogens is 142 g/mol. The molecule has 3 N–H and O–H groups in total. The molecule has 1 heterocycles. The Balaban J connectivity index is 3.05. The summed E-state index contributed by atoms with van der Waals surface area (Å²) in [6.07, 6.45) is 1.32. The van der Waals surface area contributed by atoms with Crippen LogP contribution in [-0.2, 0) is 0 Å². The Labute approximate surface area is 65.1 Å². The van der Waals surface area contributed by atoms with Crippen LogP contribution in [0, 0.1) is 0 Å². The van der Waals surface area contributed by atoms with Gasteiger partial charge in [0.25, 0.3) is 0 Å². The first kappa shape index (κ1) is 7.78. The molecule has 0 bridgehead atoms. The highest BCUT2D eigenvalue weighted by Gasteiger charge is 2.04. The zero-order chi connectivity index (χ0) is 8.43. The molecule has 0 fully saturated rings. The zero-order valence-corrected chi connectivity index (χ0v) is 6.57. The van der Waals surface area contributed by atoms with Gasteiger partial charge in [-0.2, -0.15) is 0 Å². The Hall–Kier alpha value is -1.32. The smallest absolute Gasteiger partial charge is 0.176 e. The molecule has 0 saturated carbocycles. The van der Waals surface area contributed by atoms with Gasteiger partial charge in [0.2, 0.25) is 0 Å². The van der Waals surface area contributed by atoms with Crippen molar-refractivity contribution in [2.75, 3.05) is 5.73 Å². The predicted molar refractivity (Wildman–Crippen MR) is 42.2 cm³/mol. The third kappa shape index (κ3) is 1.58. The van der Waals surface area contributed by atoms with E-state index in [0.29, 0.717) is 5.82 Å². The first-order valence-corrected chi connectivity index (χ1v) is 3.42. The molecule has 0 unspecified atom stereocenters. The summed E-state index contributed by atoms with van der Waals surface area (Å²) >= 11 is 0. The highest BCUT2D eigenvalue weighted by molar-refractivity contribution is 5.42. The van der Waals surface area contributed by atoms with Crippen LogP contribution in [0.3, 0.4) is 0 Å². The molecule has 0 aromatic carbocycles. The minimum atomic E-state index is -0.0607. The van der Waals surface area contributed by atoms with Crippen molar-refractivity contribution in [3.63, 3.8) is 0 Å². The second-order valence-corrected chi connectivity index (χ2v) is 2.65. The Morgan fingerprint density at radius 3 is 2.64 bits per heavy atom. The molecule has 11 heavy (non-hydrogen) atoms. The van der Waals surface area contributed by atoms with E-state index < -0.39 is 0 Å². The van der Waals surface area contributed by atoms with Gasteiger partial charge in [-0.15, -0.1) is 0 Å². The molecule has 0 radical (unpaired) electrons. The van der Waals surface area contributed by atoms with Crippen LogP contribution < -0.4 is 5.73 Å². The summed E-state index contributed by atoms with van der Waals surface area (Å²) in [6.45, 7) is 3.93. The van der Waals surface area contributed by atoms with E-state index in [1.807, 2.05) is 13.8 Å². The number of aromatic nitrogens is 2. The van der Waals surface area contributed by atoms with Gasteiger partial charge in [0.05, 0.1) is 6.20 Å². The third-order valence-corrected chi connectivity index (χ3v) is 1.33. The summed E-state index contributed by atoms with van der Waals surface area (Å²) in [6, 6.07) is 0. The number of hydrogen-bond donors (Lipinski definition) is 2. The van der Waals surface area contributed by atoms with Crippen molar-refractivity contribution >= 4 is 5.82 Å². The molecule has 1 rings (SSSR count). The van der Waals surface area contributed by atoms with Gasteiger partial charge in [-0.3, -0.25) is 0 Å². The van der Waals surface area contributed by atoms with Crippen LogP contribution in [0.25, 0.3) is 0 Å². The lowest BCUT2D eigenvalue weighted by Gasteiger charge is -2.03. The van der Waals surface area contributed by atoms with Crippen LogP contribution in [0.2, 0.25) is 0 Å². The molecule has 60 valence electrons. The topological polar surface area (TPSA) is 72.0 Å². The molecule has 0 spiro atoms. The third-order valence-electron chi connectivity index (χ3n) is 1.33. The van der Waals surface area contributed by atoms with Crippen molar-refractivity contribution in [1.82, 2.24) is 9.97 Å². The van der Waals surface area contributed by atoms with Crippen molar-refractivity contribution in [3.8, 4) is 5.75 Å². The molecule has 1 aromatic rings. The molecule has 0 amide bonds. The van der Waals surface area contributed by atoms with Gasteiger partial charge in [0.1, 0.15) is 5.82 Å². The maximum Gasteiger partial charge on any atom is 0.176 e. The van der Waals surface area contributed by atoms with E-state index in [0.717, 1.165) is 0 Å². The summed E-state index contributed by atoms with van der Waals surface area (Å²) in [4.78, 5) is 7.79. The zero-order valence-electron chi connectivity index (χ0n) is 6.57. The lowest BCUT2D eigenvalue weighted by Crippen LogP contribution is -2.00. The fourth-order valence-electron chi connectivity index (χ4n) is 0.681. The molecular formula is C7H11N3O. The minimum Gasteiger partial charge on any atom is -0.503 e. The quantitative estimate of drug-likeness (QED) is 0.628. The van der Waals surface area contributed by atoms with Crippen molar-refractivity contribution in [2.45, 2.75) is 19.8 Å². The Morgan fingerprint density at radius 2 is 2.18 bits per heavy atom. The monoisotopic (exact) mass is 153 g/mol. The molecule has 0 aliphatic rings. The van der Waals surface area contributed by atoms with E-state index in [4.69, 9.17) is 10.8 Å². The summed E-state index contributed by atoms with van der Waals surface area (Å²) in [7, 11) is 0. The number of anilines is 1. The molecule has 0 atom stereocenters. The largest absolute Gasteiger partial charge is 0.503 e. The van der Waals surface area contributed by atoms with Gasteiger partial charge < -0.3 is 10.8 Å². The normalized spacial score (nSPS) is 10.5. The molecule has 0 aliphatic heterocycles. The fraction of sp³-hybridized carbons (Fsp3) is 0.429. The number of nitrogens with two attached hydrogens (primary N) is 1. The maximum atomic E-state index is 8.98. The van der Waals surface area contributed by atoms with Gasteiger partial charge in [0, 0.05) is 5.92 Å². The van der Waals surface area contributed by atoms with Crippen molar-refractivity contribution in [1.29, 1.82) is 0 Å². The van der Waals surface area contributed by atoms with Crippen LogP contribution in [0.15, 0.2) is 6.20 Å². The van der Waals surface area contributed by atoms with Gasteiger partial charge in [-0.25, -0.2) is 9.97 Å². The number of aromatic hydroxyl groups is 1. The minimum absolute atomic E-state index is 0.0607. The average molecular weight is 153 g/mol. The summed E-state index contributed by atoms with van der Waals surface area (Å²) < 4.78 is 0. The van der Waals surface area contributed by atoms with Crippen molar-refractivity contribution in [2.24, 2.45) is 0 Å². The van der Waals surface area contributed by atoms with E-state index in [9.17, 15) is 0 Å². The van der Waals surface area contributed by atoms with Crippen LogP contribution >= 0.6 is 0 Å². The standard InChI is InChI=1S/C7H11N3O/c1-4(2)7-9-3-5(11)6(8)10-7/h3-4,11H,1-2H3,(H2,8,9,10). The molecule has 1 aromatic heterocycles. The number of nitrogens with zero attached hydrogens (tertiary/aromatic N) is 2. The molecule has 4 heteroatoms. The lowest BCUT2D eigenvalue weighted by atomic mass is 10.2. The molecule has 0 saturated heterocycles. The Morgan fingerprint density at radius 1 is 1.55 bits per heavy atom. The van der Waals surface area contributed by atoms with E-state index >= 15 is 0 Å². The summed E-state index contributed by atoms with van der Waals surface area (Å²) in [5, 5.41) is 8.98. The summed E-state index contributed by atoms with van der Waals surface area (Å²) in [5.74, 6) is 0.969. The van der Waals surface area contributed by atoms with Crippen LogP contribution in [0.5, 0.6) is 5.75 Å². The van der Waals surface area contributed by atoms with Crippen LogP contribution in [0.1, 0.15) is 25.6 Å². The summed E-state index contributed by atoms with van der Waals surface area (Å²) in [5.41, 5.74) is 5.36. The number of hydrogen-bond acceptors (Lipinski definition) is 4. The van der Waals surface area contributed by atoms with Crippen molar-refractivity contribution in [3.05, 3.63) is 12.0 Å². The van der Waals surface area contributed by atoms with Gasteiger partial charge in [-0.05, 0) is 0 Å². The van der Waals surface area contributed by atoms with E-state index in [-0.39, 0.29) is 17.5 Å². The first-order valence-electron chi connectivity index (χ1n) is 3.42. The van der Waals surface area contributed by atoms with Gasteiger partial charge in [0.15, 0.2) is 11.6 Å². The number of nitrogen functional groups attached to an aromatic ring is 1. The number of rotatable bonds is 1. The van der Waals surface area contributed by atoms with Crippen LogP contribution in [0.4, 0.5) is 5.82 Å². The average Bonchev–Trinajstić information content (AvgIpc) is 1.94. The predicted octanol–water partition coefficient (Wildman–Crippen LogP) is 0.888. The molecule has 0 aliphatic carbocycles.